The molecule has 0 amide bonds. The molecule has 0 radical (unpaired) electrons. The fourth-order valence-corrected chi connectivity index (χ4v) is 3.08. The Morgan fingerprint density at radius 3 is 2.74 bits per heavy atom. The van der Waals surface area contributed by atoms with Crippen LogP contribution >= 0.6 is 0 Å². The molecule has 19 heavy (non-hydrogen) atoms. The monoisotopic (exact) mass is 257 g/mol. The first-order valence-corrected chi connectivity index (χ1v) is 7.42. The highest BCUT2D eigenvalue weighted by Crippen LogP contribution is 2.27. The largest absolute Gasteiger partial charge is 0.325 e. The van der Waals surface area contributed by atoms with Gasteiger partial charge in [-0.15, -0.1) is 0 Å². The van der Waals surface area contributed by atoms with Crippen LogP contribution in [0, 0.1) is 5.92 Å². The van der Waals surface area contributed by atoms with Crippen LogP contribution in [0.3, 0.4) is 0 Å². The lowest BCUT2D eigenvalue weighted by Gasteiger charge is -2.26. The molecule has 1 aromatic carbocycles. The molecule has 3 nitrogen and oxygen atoms in total. The third-order valence-electron chi connectivity index (χ3n) is 3.93. The molecule has 3 rings (SSSR count). The number of piperidine rings is 1. The highest BCUT2D eigenvalue weighted by atomic mass is 15.1. The van der Waals surface area contributed by atoms with E-state index in [4.69, 9.17) is 4.98 Å². The van der Waals surface area contributed by atoms with Crippen molar-refractivity contribution in [2.45, 2.75) is 39.2 Å². The molecule has 1 saturated heterocycles. The Morgan fingerprint density at radius 1 is 1.26 bits per heavy atom. The van der Waals surface area contributed by atoms with Gasteiger partial charge >= 0.3 is 0 Å². The third kappa shape index (κ3) is 2.52. The van der Waals surface area contributed by atoms with E-state index in [0.717, 1.165) is 25.0 Å². The van der Waals surface area contributed by atoms with E-state index in [1.54, 1.807) is 0 Å². The molecule has 0 unspecified atom stereocenters. The number of rotatable bonds is 3. The van der Waals surface area contributed by atoms with Crippen molar-refractivity contribution in [2.24, 2.45) is 5.92 Å². The number of nitrogens with one attached hydrogen (secondary N) is 1. The normalized spacial score (nSPS) is 17.4. The summed E-state index contributed by atoms with van der Waals surface area (Å²) in [6.45, 7) is 6.79. The molecule has 1 N–H and O–H groups in total. The van der Waals surface area contributed by atoms with Crippen LogP contribution in [0.2, 0.25) is 0 Å². The summed E-state index contributed by atoms with van der Waals surface area (Å²) in [6, 6.07) is 9.18. The summed E-state index contributed by atoms with van der Waals surface area (Å²) in [5.41, 5.74) is 2.46. The summed E-state index contributed by atoms with van der Waals surface area (Å²) in [7, 11) is 0. The second kappa shape index (κ2) is 5.33. The first-order chi connectivity index (χ1) is 9.25. The minimum Gasteiger partial charge on any atom is -0.325 e. The Kier molecular flexibility index (Phi) is 3.56. The van der Waals surface area contributed by atoms with Crippen molar-refractivity contribution in [3.63, 3.8) is 0 Å². The molecule has 2 aromatic rings. The number of nitrogens with zero attached hydrogens (tertiary/aromatic N) is 2. The van der Waals surface area contributed by atoms with Crippen LogP contribution < -0.4 is 5.32 Å². The summed E-state index contributed by atoms with van der Waals surface area (Å²) in [5.74, 6) is 1.92. The molecule has 0 saturated carbocycles. The van der Waals surface area contributed by atoms with E-state index in [-0.39, 0.29) is 0 Å². The van der Waals surface area contributed by atoms with E-state index in [0.29, 0.717) is 12.0 Å². The molecule has 0 atom stereocenters. The maximum atomic E-state index is 4.87. The minimum absolute atomic E-state index is 0.613. The van der Waals surface area contributed by atoms with Gasteiger partial charge in [-0.3, -0.25) is 0 Å². The predicted molar refractivity (Wildman–Crippen MR) is 79.4 cm³/mol. The van der Waals surface area contributed by atoms with Gasteiger partial charge in [0.2, 0.25) is 0 Å². The van der Waals surface area contributed by atoms with Crippen molar-refractivity contribution < 1.29 is 0 Å². The van der Waals surface area contributed by atoms with Crippen LogP contribution in [-0.2, 0) is 6.42 Å². The lowest BCUT2D eigenvalue weighted by Crippen LogP contribution is -2.30. The maximum absolute atomic E-state index is 4.87. The summed E-state index contributed by atoms with van der Waals surface area (Å²) < 4.78 is 2.51. The lowest BCUT2D eigenvalue weighted by atomic mass is 10.0. The zero-order chi connectivity index (χ0) is 13.2. The molecule has 1 aliphatic heterocycles. The van der Waals surface area contributed by atoms with E-state index in [1.807, 2.05) is 0 Å². The topological polar surface area (TPSA) is 29.9 Å². The standard InChI is InChI=1S/C16H23N3/c1-12(2)11-16-18-14-5-3-4-6-15(14)19(16)13-7-9-17-10-8-13/h3-6,12-13,17H,7-11H2,1-2H3. The van der Waals surface area contributed by atoms with Crippen molar-refractivity contribution in [3.8, 4) is 0 Å². The number of hydrogen-bond donors (Lipinski definition) is 1. The Hall–Kier alpha value is -1.35. The Bertz CT molecular complexity index is 550. The molecule has 1 fully saturated rings. The van der Waals surface area contributed by atoms with Crippen molar-refractivity contribution in [2.75, 3.05) is 13.1 Å². The van der Waals surface area contributed by atoms with Gasteiger partial charge in [0.15, 0.2) is 0 Å². The molecule has 102 valence electrons. The number of para-hydroxylation sites is 2. The zero-order valence-electron chi connectivity index (χ0n) is 11.9. The average molecular weight is 257 g/mol. The smallest absolute Gasteiger partial charge is 0.110 e. The maximum Gasteiger partial charge on any atom is 0.110 e. The summed E-state index contributed by atoms with van der Waals surface area (Å²) >= 11 is 0. The number of fused-ring (bicyclic) bond motifs is 1. The van der Waals surface area contributed by atoms with Gasteiger partial charge in [0.25, 0.3) is 0 Å². The van der Waals surface area contributed by atoms with Crippen LogP contribution in [0.4, 0.5) is 0 Å². The molecule has 3 heteroatoms. The third-order valence-corrected chi connectivity index (χ3v) is 3.93. The second-order valence-electron chi connectivity index (χ2n) is 5.97. The van der Waals surface area contributed by atoms with Gasteiger partial charge in [-0.05, 0) is 44.0 Å². The molecular formula is C16H23N3. The molecule has 1 aromatic heterocycles. The lowest BCUT2D eigenvalue weighted by molar-refractivity contribution is 0.363. The van der Waals surface area contributed by atoms with Gasteiger partial charge in [-0.1, -0.05) is 26.0 Å². The van der Waals surface area contributed by atoms with Crippen molar-refractivity contribution >= 4 is 11.0 Å². The van der Waals surface area contributed by atoms with Gasteiger partial charge in [-0.2, -0.15) is 0 Å². The summed E-state index contributed by atoms with van der Waals surface area (Å²) in [6.07, 6.45) is 3.50. The minimum atomic E-state index is 0.613. The van der Waals surface area contributed by atoms with Gasteiger partial charge in [0.05, 0.1) is 11.0 Å². The highest BCUT2D eigenvalue weighted by molar-refractivity contribution is 5.76. The zero-order valence-corrected chi connectivity index (χ0v) is 11.9. The first-order valence-electron chi connectivity index (χ1n) is 7.42. The Labute approximate surface area is 115 Å². The number of aromatic nitrogens is 2. The quantitative estimate of drug-likeness (QED) is 0.915. The highest BCUT2D eigenvalue weighted by Gasteiger charge is 2.21. The van der Waals surface area contributed by atoms with Crippen LogP contribution in [-0.4, -0.2) is 22.6 Å². The van der Waals surface area contributed by atoms with Crippen LogP contribution in [0.15, 0.2) is 24.3 Å². The van der Waals surface area contributed by atoms with E-state index in [9.17, 15) is 0 Å². The van der Waals surface area contributed by atoms with E-state index in [2.05, 4.69) is 48.0 Å². The van der Waals surface area contributed by atoms with Gasteiger partial charge in [0.1, 0.15) is 5.82 Å². The molecule has 1 aliphatic rings. The molecular weight excluding hydrogens is 234 g/mol. The second-order valence-corrected chi connectivity index (χ2v) is 5.97. The number of imidazole rings is 1. The van der Waals surface area contributed by atoms with Gasteiger partial charge < -0.3 is 9.88 Å². The molecule has 2 heterocycles. The van der Waals surface area contributed by atoms with Crippen LogP contribution in [0.1, 0.15) is 38.6 Å². The fourth-order valence-electron chi connectivity index (χ4n) is 3.08. The van der Waals surface area contributed by atoms with Crippen LogP contribution in [0.5, 0.6) is 0 Å². The van der Waals surface area contributed by atoms with Crippen molar-refractivity contribution in [1.29, 1.82) is 0 Å². The first kappa shape index (κ1) is 12.7. The van der Waals surface area contributed by atoms with Crippen molar-refractivity contribution in [3.05, 3.63) is 30.1 Å². The van der Waals surface area contributed by atoms with Crippen molar-refractivity contribution in [1.82, 2.24) is 14.9 Å². The Balaban J connectivity index is 2.06. The fraction of sp³-hybridized carbons (Fsp3) is 0.562. The van der Waals surface area contributed by atoms with E-state index >= 15 is 0 Å². The Morgan fingerprint density at radius 2 is 2.00 bits per heavy atom. The van der Waals surface area contributed by atoms with Gasteiger partial charge in [-0.25, -0.2) is 4.98 Å². The average Bonchev–Trinajstić information content (AvgIpc) is 2.76. The molecule has 0 aliphatic carbocycles. The molecule has 0 bridgehead atoms. The van der Waals surface area contributed by atoms with Crippen LogP contribution in [0.25, 0.3) is 11.0 Å². The van der Waals surface area contributed by atoms with E-state index in [1.165, 1.54) is 24.2 Å². The summed E-state index contributed by atoms with van der Waals surface area (Å²) in [5, 5.41) is 3.45. The van der Waals surface area contributed by atoms with Gasteiger partial charge in [0, 0.05) is 12.5 Å². The number of benzene rings is 1. The predicted octanol–water partition coefficient (Wildman–Crippen LogP) is 3.16. The van der Waals surface area contributed by atoms with E-state index < -0.39 is 0 Å². The molecule has 0 spiro atoms. The SMILES string of the molecule is CC(C)Cc1nc2ccccc2n1C1CCNCC1. The summed E-state index contributed by atoms with van der Waals surface area (Å²) in [4.78, 5) is 4.87. The number of hydrogen-bond acceptors (Lipinski definition) is 2.